The molecule has 26 heavy (non-hydrogen) atoms. The standard InChI is InChI=1S/C18H25N3O5/c1-12-6-8-20(9-7-12)16(11-17(22)26-3)18(23)19-14-5-4-13(2)10-15(14)21(24)25/h4-5,10,12,16H,6-9,11H2,1-3H3,(H,19,23). The van der Waals surface area contributed by atoms with Gasteiger partial charge in [0.05, 0.1) is 18.5 Å². The Morgan fingerprint density at radius 2 is 2.04 bits per heavy atom. The minimum Gasteiger partial charge on any atom is -0.469 e. The number of nitro benzene ring substituents is 1. The first kappa shape index (κ1) is 19.8. The highest BCUT2D eigenvalue weighted by molar-refractivity contribution is 5.98. The maximum absolute atomic E-state index is 12.8. The van der Waals surface area contributed by atoms with Gasteiger partial charge in [-0.2, -0.15) is 0 Å². The van der Waals surface area contributed by atoms with E-state index in [-0.39, 0.29) is 17.8 Å². The molecule has 1 aliphatic rings. The highest BCUT2D eigenvalue weighted by atomic mass is 16.6. The molecule has 0 aromatic heterocycles. The predicted molar refractivity (Wildman–Crippen MR) is 96.9 cm³/mol. The van der Waals surface area contributed by atoms with Crippen LogP contribution >= 0.6 is 0 Å². The number of ether oxygens (including phenoxy) is 1. The molecule has 1 aliphatic heterocycles. The SMILES string of the molecule is COC(=O)CC(C(=O)Nc1ccc(C)cc1[N+](=O)[O-])N1CCC(C)CC1. The van der Waals surface area contributed by atoms with Crippen molar-refractivity contribution in [2.24, 2.45) is 5.92 Å². The number of methoxy groups -OCH3 is 1. The maximum atomic E-state index is 12.8. The van der Waals surface area contributed by atoms with Crippen LogP contribution in [0.25, 0.3) is 0 Å². The molecule has 1 aromatic carbocycles. The molecule has 1 aromatic rings. The summed E-state index contributed by atoms with van der Waals surface area (Å²) in [5.41, 5.74) is 0.694. The molecular weight excluding hydrogens is 338 g/mol. The molecule has 1 N–H and O–H groups in total. The summed E-state index contributed by atoms with van der Waals surface area (Å²) < 4.78 is 4.72. The van der Waals surface area contributed by atoms with E-state index in [1.54, 1.807) is 13.0 Å². The van der Waals surface area contributed by atoms with Crippen molar-refractivity contribution in [1.82, 2.24) is 4.90 Å². The van der Waals surface area contributed by atoms with Gasteiger partial charge in [-0.1, -0.05) is 13.0 Å². The molecule has 1 atom stereocenters. The van der Waals surface area contributed by atoms with Crippen LogP contribution in [0.15, 0.2) is 18.2 Å². The number of anilines is 1. The predicted octanol–water partition coefficient (Wildman–Crippen LogP) is 2.51. The number of nitrogens with zero attached hydrogens (tertiary/aromatic N) is 2. The fraction of sp³-hybridized carbons (Fsp3) is 0.556. The van der Waals surface area contributed by atoms with Crippen molar-refractivity contribution in [3.05, 3.63) is 33.9 Å². The zero-order valence-corrected chi connectivity index (χ0v) is 15.4. The van der Waals surface area contributed by atoms with Crippen LogP contribution in [0.5, 0.6) is 0 Å². The fourth-order valence-corrected chi connectivity index (χ4v) is 3.08. The molecule has 1 heterocycles. The van der Waals surface area contributed by atoms with Crippen LogP contribution in [0.3, 0.4) is 0 Å². The van der Waals surface area contributed by atoms with Gasteiger partial charge in [-0.15, -0.1) is 0 Å². The van der Waals surface area contributed by atoms with Crippen molar-refractivity contribution in [2.75, 3.05) is 25.5 Å². The normalized spacial score (nSPS) is 16.7. The van der Waals surface area contributed by atoms with Crippen molar-refractivity contribution in [3.8, 4) is 0 Å². The number of amides is 1. The Kier molecular flexibility index (Phi) is 6.68. The Labute approximate surface area is 152 Å². The van der Waals surface area contributed by atoms with Crippen LogP contribution in [0, 0.1) is 23.0 Å². The molecule has 0 spiro atoms. The molecule has 8 nitrogen and oxygen atoms in total. The molecule has 0 saturated carbocycles. The molecule has 1 amide bonds. The Morgan fingerprint density at radius 1 is 1.38 bits per heavy atom. The maximum Gasteiger partial charge on any atom is 0.307 e. The molecule has 0 bridgehead atoms. The first-order chi connectivity index (χ1) is 12.3. The molecule has 8 heteroatoms. The number of carbonyl (C=O) groups excluding carboxylic acids is 2. The Bertz CT molecular complexity index is 683. The first-order valence-electron chi connectivity index (χ1n) is 8.68. The lowest BCUT2D eigenvalue weighted by atomic mass is 9.97. The summed E-state index contributed by atoms with van der Waals surface area (Å²) in [6.07, 6.45) is 1.79. The third kappa shape index (κ3) is 5.01. The van der Waals surface area contributed by atoms with Crippen LogP contribution in [0.2, 0.25) is 0 Å². The molecule has 0 radical (unpaired) electrons. The Balaban J connectivity index is 2.21. The largest absolute Gasteiger partial charge is 0.469 e. The lowest BCUT2D eigenvalue weighted by Crippen LogP contribution is -2.48. The second-order valence-electron chi connectivity index (χ2n) is 6.78. The van der Waals surface area contributed by atoms with E-state index in [9.17, 15) is 19.7 Å². The van der Waals surface area contributed by atoms with Crippen molar-refractivity contribution in [1.29, 1.82) is 0 Å². The number of carbonyl (C=O) groups is 2. The summed E-state index contributed by atoms with van der Waals surface area (Å²) >= 11 is 0. The van der Waals surface area contributed by atoms with Gasteiger partial charge in [-0.05, 0) is 50.4 Å². The van der Waals surface area contributed by atoms with Crippen molar-refractivity contribution >= 4 is 23.3 Å². The molecule has 1 saturated heterocycles. The number of piperidine rings is 1. The summed E-state index contributed by atoms with van der Waals surface area (Å²) in [4.78, 5) is 37.3. The van der Waals surface area contributed by atoms with Gasteiger partial charge in [0.15, 0.2) is 0 Å². The van der Waals surface area contributed by atoms with E-state index < -0.39 is 22.8 Å². The summed E-state index contributed by atoms with van der Waals surface area (Å²) in [5, 5.41) is 13.9. The molecule has 1 fully saturated rings. The van der Waals surface area contributed by atoms with Gasteiger partial charge in [-0.3, -0.25) is 24.6 Å². The van der Waals surface area contributed by atoms with E-state index in [4.69, 9.17) is 4.74 Å². The highest BCUT2D eigenvalue weighted by Gasteiger charge is 2.32. The average molecular weight is 363 g/mol. The number of hydrogen-bond donors (Lipinski definition) is 1. The van der Waals surface area contributed by atoms with Crippen molar-refractivity contribution in [2.45, 2.75) is 39.2 Å². The van der Waals surface area contributed by atoms with Gasteiger partial charge in [0.1, 0.15) is 11.7 Å². The lowest BCUT2D eigenvalue weighted by molar-refractivity contribution is -0.384. The van der Waals surface area contributed by atoms with Gasteiger partial charge >= 0.3 is 5.97 Å². The third-order valence-corrected chi connectivity index (χ3v) is 4.76. The molecule has 0 aliphatic carbocycles. The summed E-state index contributed by atoms with van der Waals surface area (Å²) in [7, 11) is 1.28. The smallest absolute Gasteiger partial charge is 0.307 e. The van der Waals surface area contributed by atoms with Crippen LogP contribution in [-0.4, -0.2) is 47.9 Å². The quantitative estimate of drug-likeness (QED) is 0.473. The number of nitro groups is 1. The van der Waals surface area contributed by atoms with Crippen LogP contribution in [-0.2, 0) is 14.3 Å². The van der Waals surface area contributed by atoms with E-state index >= 15 is 0 Å². The van der Waals surface area contributed by atoms with E-state index in [0.29, 0.717) is 19.0 Å². The Morgan fingerprint density at radius 3 is 2.62 bits per heavy atom. The van der Waals surface area contributed by atoms with Gasteiger partial charge in [0.2, 0.25) is 5.91 Å². The zero-order chi connectivity index (χ0) is 19.3. The van der Waals surface area contributed by atoms with E-state index in [0.717, 1.165) is 18.4 Å². The minimum atomic E-state index is -0.712. The highest BCUT2D eigenvalue weighted by Crippen LogP contribution is 2.27. The lowest BCUT2D eigenvalue weighted by Gasteiger charge is -2.35. The van der Waals surface area contributed by atoms with E-state index in [1.807, 2.05) is 4.90 Å². The van der Waals surface area contributed by atoms with Gasteiger partial charge in [0.25, 0.3) is 5.69 Å². The van der Waals surface area contributed by atoms with Gasteiger partial charge in [-0.25, -0.2) is 0 Å². The number of hydrogen-bond acceptors (Lipinski definition) is 6. The number of esters is 1. The van der Waals surface area contributed by atoms with Crippen LogP contribution in [0.4, 0.5) is 11.4 Å². The van der Waals surface area contributed by atoms with Gasteiger partial charge < -0.3 is 10.1 Å². The summed E-state index contributed by atoms with van der Waals surface area (Å²) in [6.45, 7) is 5.30. The second kappa shape index (κ2) is 8.75. The Hall–Kier alpha value is -2.48. The van der Waals surface area contributed by atoms with Gasteiger partial charge in [0, 0.05) is 6.07 Å². The van der Waals surface area contributed by atoms with Crippen molar-refractivity contribution < 1.29 is 19.2 Å². The first-order valence-corrected chi connectivity index (χ1v) is 8.68. The number of aryl methyl sites for hydroxylation is 1. The van der Waals surface area contributed by atoms with E-state index in [2.05, 4.69) is 12.2 Å². The summed E-state index contributed by atoms with van der Waals surface area (Å²) in [6, 6.07) is 3.91. The molecule has 2 rings (SSSR count). The van der Waals surface area contributed by atoms with Crippen molar-refractivity contribution in [3.63, 3.8) is 0 Å². The minimum absolute atomic E-state index is 0.0869. The molecule has 142 valence electrons. The molecular formula is C18H25N3O5. The number of likely N-dealkylation sites (tertiary alicyclic amines) is 1. The number of nitrogens with one attached hydrogen (secondary N) is 1. The monoisotopic (exact) mass is 363 g/mol. The zero-order valence-electron chi connectivity index (χ0n) is 15.4. The second-order valence-corrected chi connectivity index (χ2v) is 6.78. The number of rotatable bonds is 6. The molecule has 1 unspecified atom stereocenters. The fourth-order valence-electron chi connectivity index (χ4n) is 3.08. The van der Waals surface area contributed by atoms with E-state index in [1.165, 1.54) is 19.2 Å². The number of benzene rings is 1. The average Bonchev–Trinajstić information content (AvgIpc) is 2.61. The third-order valence-electron chi connectivity index (χ3n) is 4.76. The topological polar surface area (TPSA) is 102 Å². The van der Waals surface area contributed by atoms with Crippen LogP contribution < -0.4 is 5.32 Å². The van der Waals surface area contributed by atoms with Crippen LogP contribution in [0.1, 0.15) is 31.7 Å². The summed E-state index contributed by atoms with van der Waals surface area (Å²) in [5.74, 6) is -0.342.